The van der Waals surface area contributed by atoms with Gasteiger partial charge < -0.3 is 9.64 Å². The number of fused-ring (bicyclic) bond motifs is 1. The highest BCUT2D eigenvalue weighted by atomic mass is 19.1. The van der Waals surface area contributed by atoms with Gasteiger partial charge >= 0.3 is 0 Å². The lowest BCUT2D eigenvalue weighted by Crippen LogP contribution is -2.48. The van der Waals surface area contributed by atoms with E-state index in [0.717, 1.165) is 42.6 Å². The molecule has 2 atom stereocenters. The van der Waals surface area contributed by atoms with Gasteiger partial charge in [-0.3, -0.25) is 4.79 Å². The van der Waals surface area contributed by atoms with Crippen LogP contribution in [0.15, 0.2) is 24.3 Å². The van der Waals surface area contributed by atoms with Gasteiger partial charge in [0.15, 0.2) is 5.69 Å². The summed E-state index contributed by atoms with van der Waals surface area (Å²) in [5, 5.41) is 4.68. The van der Waals surface area contributed by atoms with E-state index in [4.69, 9.17) is 4.74 Å². The summed E-state index contributed by atoms with van der Waals surface area (Å²) in [6.45, 7) is 5.15. The molecule has 2 unspecified atom stereocenters. The van der Waals surface area contributed by atoms with Crippen molar-refractivity contribution in [3.05, 3.63) is 47.0 Å². The first-order valence-corrected chi connectivity index (χ1v) is 9.34. The number of morpholine rings is 1. The zero-order valence-electron chi connectivity index (χ0n) is 15.2. The average Bonchev–Trinajstić information content (AvgIpc) is 3.01. The number of amides is 1. The summed E-state index contributed by atoms with van der Waals surface area (Å²) >= 11 is 0. The monoisotopic (exact) mass is 357 g/mol. The highest BCUT2D eigenvalue weighted by Crippen LogP contribution is 2.28. The van der Waals surface area contributed by atoms with Gasteiger partial charge in [-0.15, -0.1) is 0 Å². The molecule has 1 aliphatic heterocycles. The number of hydrogen-bond donors (Lipinski definition) is 0. The average molecular weight is 357 g/mol. The minimum atomic E-state index is -0.276. The molecule has 1 saturated heterocycles. The molecule has 1 fully saturated rings. The van der Waals surface area contributed by atoms with E-state index in [1.165, 1.54) is 12.1 Å². The predicted molar refractivity (Wildman–Crippen MR) is 96.1 cm³/mol. The third kappa shape index (κ3) is 3.14. The molecular formula is C20H24FN3O2. The molecule has 6 heteroatoms. The Morgan fingerprint density at radius 3 is 2.46 bits per heavy atom. The molecule has 1 aliphatic carbocycles. The van der Waals surface area contributed by atoms with E-state index < -0.39 is 0 Å². The summed E-state index contributed by atoms with van der Waals surface area (Å²) in [6.07, 6.45) is 3.96. The quantitative estimate of drug-likeness (QED) is 0.830. The molecule has 2 aromatic rings. The topological polar surface area (TPSA) is 47.4 Å². The number of hydrogen-bond acceptors (Lipinski definition) is 3. The summed E-state index contributed by atoms with van der Waals surface area (Å²) in [5.74, 6) is -0.298. The van der Waals surface area contributed by atoms with Crippen LogP contribution in [0, 0.1) is 5.82 Å². The third-order valence-electron chi connectivity index (χ3n) is 5.16. The molecule has 1 aromatic heterocycles. The Morgan fingerprint density at radius 1 is 1.12 bits per heavy atom. The fourth-order valence-electron chi connectivity index (χ4n) is 4.06. The van der Waals surface area contributed by atoms with Crippen molar-refractivity contribution in [2.24, 2.45) is 0 Å². The SMILES string of the molecule is CC1CN(C(=O)c2nn(-c3ccc(F)cc3)c3c2CCCC3)CC(C)O1. The first-order chi connectivity index (χ1) is 12.5. The first-order valence-electron chi connectivity index (χ1n) is 9.34. The lowest BCUT2D eigenvalue weighted by molar-refractivity contribution is -0.0587. The normalized spacial score (nSPS) is 23.0. The highest BCUT2D eigenvalue weighted by molar-refractivity contribution is 5.94. The van der Waals surface area contributed by atoms with Crippen LogP contribution >= 0.6 is 0 Å². The molecule has 5 nitrogen and oxygen atoms in total. The number of aromatic nitrogens is 2. The zero-order valence-corrected chi connectivity index (χ0v) is 15.2. The van der Waals surface area contributed by atoms with E-state index in [1.54, 1.807) is 12.1 Å². The zero-order chi connectivity index (χ0) is 18.3. The number of benzene rings is 1. The van der Waals surface area contributed by atoms with Gasteiger partial charge in [-0.05, 0) is 63.8 Å². The predicted octanol–water partition coefficient (Wildman–Crippen LogP) is 3.14. The van der Waals surface area contributed by atoms with Crippen LogP contribution in [0.5, 0.6) is 0 Å². The second-order valence-corrected chi connectivity index (χ2v) is 7.34. The van der Waals surface area contributed by atoms with E-state index in [9.17, 15) is 9.18 Å². The Labute approximate surface area is 152 Å². The maximum Gasteiger partial charge on any atom is 0.274 e. The number of rotatable bonds is 2. The fourth-order valence-corrected chi connectivity index (χ4v) is 4.06. The number of halogens is 1. The Kier molecular flexibility index (Phi) is 4.53. The minimum absolute atomic E-state index is 0.0222. The molecule has 26 heavy (non-hydrogen) atoms. The summed E-state index contributed by atoms with van der Waals surface area (Å²) in [4.78, 5) is 15.0. The molecule has 0 spiro atoms. The Bertz CT molecular complexity index is 805. The smallest absolute Gasteiger partial charge is 0.274 e. The largest absolute Gasteiger partial charge is 0.372 e. The van der Waals surface area contributed by atoms with E-state index in [1.807, 2.05) is 23.4 Å². The maximum atomic E-state index is 13.3. The van der Waals surface area contributed by atoms with Crippen molar-refractivity contribution in [3.8, 4) is 5.69 Å². The Hall–Kier alpha value is -2.21. The molecule has 0 N–H and O–H groups in total. The number of carbonyl (C=O) groups excluding carboxylic acids is 1. The summed E-state index contributed by atoms with van der Waals surface area (Å²) < 4.78 is 20.9. The van der Waals surface area contributed by atoms with Crippen molar-refractivity contribution in [1.29, 1.82) is 0 Å². The van der Waals surface area contributed by atoms with Crippen molar-refractivity contribution in [1.82, 2.24) is 14.7 Å². The van der Waals surface area contributed by atoms with Crippen LogP contribution in [-0.4, -0.2) is 45.9 Å². The summed E-state index contributed by atoms with van der Waals surface area (Å²) in [5.41, 5.74) is 3.48. The summed E-state index contributed by atoms with van der Waals surface area (Å²) in [7, 11) is 0. The molecule has 2 heterocycles. The fraction of sp³-hybridized carbons (Fsp3) is 0.500. The summed E-state index contributed by atoms with van der Waals surface area (Å²) in [6, 6.07) is 6.28. The Morgan fingerprint density at radius 2 is 1.77 bits per heavy atom. The van der Waals surface area contributed by atoms with Crippen molar-refractivity contribution in [3.63, 3.8) is 0 Å². The molecule has 2 aliphatic rings. The number of carbonyl (C=O) groups is 1. The third-order valence-corrected chi connectivity index (χ3v) is 5.16. The second-order valence-electron chi connectivity index (χ2n) is 7.34. The second kappa shape index (κ2) is 6.83. The number of nitrogens with zero attached hydrogens (tertiary/aromatic N) is 3. The van der Waals surface area contributed by atoms with Crippen LogP contribution in [0.2, 0.25) is 0 Å². The number of ether oxygens (including phenoxy) is 1. The molecular weight excluding hydrogens is 333 g/mol. The van der Waals surface area contributed by atoms with Crippen LogP contribution in [0.25, 0.3) is 5.69 Å². The van der Waals surface area contributed by atoms with E-state index in [0.29, 0.717) is 18.8 Å². The van der Waals surface area contributed by atoms with Gasteiger partial charge in [-0.2, -0.15) is 5.10 Å². The Balaban J connectivity index is 1.72. The van der Waals surface area contributed by atoms with Crippen LogP contribution in [0.3, 0.4) is 0 Å². The lowest BCUT2D eigenvalue weighted by Gasteiger charge is -2.35. The van der Waals surface area contributed by atoms with Crippen molar-refractivity contribution < 1.29 is 13.9 Å². The van der Waals surface area contributed by atoms with Crippen molar-refractivity contribution in [2.75, 3.05) is 13.1 Å². The van der Waals surface area contributed by atoms with E-state index in [2.05, 4.69) is 5.10 Å². The van der Waals surface area contributed by atoms with Gasteiger partial charge in [0.1, 0.15) is 5.82 Å². The van der Waals surface area contributed by atoms with Gasteiger partial charge in [0.25, 0.3) is 5.91 Å². The highest BCUT2D eigenvalue weighted by Gasteiger charge is 2.32. The van der Waals surface area contributed by atoms with Crippen LogP contribution in [-0.2, 0) is 17.6 Å². The van der Waals surface area contributed by atoms with Gasteiger partial charge in [0.05, 0.1) is 17.9 Å². The molecule has 138 valence electrons. The van der Waals surface area contributed by atoms with Crippen LogP contribution in [0.4, 0.5) is 4.39 Å². The van der Waals surface area contributed by atoms with Gasteiger partial charge in [0.2, 0.25) is 0 Å². The van der Waals surface area contributed by atoms with Crippen LogP contribution < -0.4 is 0 Å². The maximum absolute atomic E-state index is 13.3. The van der Waals surface area contributed by atoms with Crippen LogP contribution in [0.1, 0.15) is 48.4 Å². The molecule has 0 radical (unpaired) electrons. The molecule has 1 amide bonds. The van der Waals surface area contributed by atoms with E-state index >= 15 is 0 Å². The van der Waals surface area contributed by atoms with Crippen molar-refractivity contribution in [2.45, 2.75) is 51.7 Å². The molecule has 0 saturated carbocycles. The van der Waals surface area contributed by atoms with E-state index in [-0.39, 0.29) is 23.9 Å². The molecule has 0 bridgehead atoms. The lowest BCUT2D eigenvalue weighted by atomic mass is 9.95. The van der Waals surface area contributed by atoms with Gasteiger partial charge in [-0.1, -0.05) is 0 Å². The molecule has 4 rings (SSSR count). The van der Waals surface area contributed by atoms with Gasteiger partial charge in [-0.25, -0.2) is 9.07 Å². The minimum Gasteiger partial charge on any atom is -0.372 e. The van der Waals surface area contributed by atoms with Crippen molar-refractivity contribution >= 4 is 5.91 Å². The first kappa shape index (κ1) is 17.2. The molecule has 1 aromatic carbocycles. The standard InChI is InChI=1S/C20H24FN3O2/c1-13-11-23(12-14(2)26-13)20(25)19-17-5-3-4-6-18(17)24(22-19)16-9-7-15(21)8-10-16/h7-10,13-14H,3-6,11-12H2,1-2H3. The van der Waals surface area contributed by atoms with Gasteiger partial charge in [0, 0.05) is 24.3 Å².